The van der Waals surface area contributed by atoms with Crippen LogP contribution in [0.3, 0.4) is 0 Å². The molecule has 9 heteroatoms. The van der Waals surface area contributed by atoms with Crippen molar-refractivity contribution in [3.63, 3.8) is 0 Å². The number of aromatic nitrogens is 2. The van der Waals surface area contributed by atoms with Crippen LogP contribution in [0.1, 0.15) is 5.56 Å². The normalized spacial score (nSPS) is 14.9. The quantitative estimate of drug-likeness (QED) is 0.394. The summed E-state index contributed by atoms with van der Waals surface area (Å²) in [6.07, 6.45) is -3.00. The number of hydrogen-bond donors (Lipinski definition) is 0. The van der Waals surface area contributed by atoms with E-state index in [2.05, 4.69) is 4.98 Å². The zero-order valence-corrected chi connectivity index (χ0v) is 17.5. The van der Waals surface area contributed by atoms with E-state index < -0.39 is 17.3 Å². The maximum Gasteiger partial charge on any atom is 0.418 e. The van der Waals surface area contributed by atoms with Crippen LogP contribution in [0, 0.1) is 0 Å². The van der Waals surface area contributed by atoms with Gasteiger partial charge in [0.2, 0.25) is 0 Å². The van der Waals surface area contributed by atoms with Crippen molar-refractivity contribution in [1.29, 1.82) is 0 Å². The molecule has 1 fully saturated rings. The molecule has 0 aliphatic carbocycles. The maximum atomic E-state index is 14.0. The number of benzene rings is 2. The van der Waals surface area contributed by atoms with E-state index in [1.54, 1.807) is 35.4 Å². The van der Waals surface area contributed by atoms with Gasteiger partial charge in [0.1, 0.15) is 0 Å². The number of alkyl halides is 3. The molecule has 1 aliphatic rings. The van der Waals surface area contributed by atoms with E-state index in [0.717, 1.165) is 6.07 Å². The van der Waals surface area contributed by atoms with Gasteiger partial charge in [-0.2, -0.15) is 13.2 Å². The Labute approximate surface area is 185 Å². The van der Waals surface area contributed by atoms with Gasteiger partial charge in [-0.25, -0.2) is 0 Å². The van der Waals surface area contributed by atoms with Gasteiger partial charge in [0, 0.05) is 46.8 Å². The molecule has 0 N–H and O–H groups in total. The van der Waals surface area contributed by atoms with E-state index in [4.69, 9.17) is 16.3 Å². The third kappa shape index (κ3) is 3.59. The highest BCUT2D eigenvalue weighted by Crippen LogP contribution is 2.38. The van der Waals surface area contributed by atoms with Crippen LogP contribution in [0.2, 0.25) is 5.02 Å². The summed E-state index contributed by atoms with van der Waals surface area (Å²) in [5.74, 6) is 0. The topological polar surface area (TPSA) is 47.4 Å². The Hall–Kier alpha value is -3.10. The van der Waals surface area contributed by atoms with Crippen molar-refractivity contribution in [3.05, 3.63) is 75.7 Å². The molecule has 32 heavy (non-hydrogen) atoms. The minimum Gasteiger partial charge on any atom is -0.378 e. The van der Waals surface area contributed by atoms with Crippen LogP contribution in [0.5, 0.6) is 0 Å². The zero-order chi connectivity index (χ0) is 22.5. The van der Waals surface area contributed by atoms with Gasteiger partial charge >= 0.3 is 6.18 Å². The molecule has 5 rings (SSSR count). The lowest BCUT2D eigenvalue weighted by atomic mass is 10.1. The first-order chi connectivity index (χ1) is 15.3. The molecule has 4 aromatic rings. The third-order valence-corrected chi connectivity index (χ3v) is 5.81. The van der Waals surface area contributed by atoms with Crippen LogP contribution in [0.15, 0.2) is 59.5 Å². The van der Waals surface area contributed by atoms with Gasteiger partial charge in [-0.3, -0.25) is 14.3 Å². The number of morpholine rings is 1. The molecular formula is C23H17ClF3N3O2. The molecule has 2 aromatic heterocycles. The van der Waals surface area contributed by atoms with E-state index in [9.17, 15) is 18.0 Å². The van der Waals surface area contributed by atoms with Crippen LogP contribution < -0.4 is 10.5 Å². The first-order valence-corrected chi connectivity index (χ1v) is 10.3. The predicted molar refractivity (Wildman–Crippen MR) is 118 cm³/mol. The van der Waals surface area contributed by atoms with Gasteiger partial charge in [-0.1, -0.05) is 11.6 Å². The highest BCUT2D eigenvalue weighted by Gasteiger charge is 2.36. The fourth-order valence-corrected chi connectivity index (χ4v) is 4.28. The Balaban J connectivity index is 1.79. The van der Waals surface area contributed by atoms with Crippen LogP contribution in [-0.2, 0) is 10.9 Å². The molecule has 0 atom stereocenters. The summed E-state index contributed by atoms with van der Waals surface area (Å²) in [5, 5.41) is 1.64. The summed E-state index contributed by atoms with van der Waals surface area (Å²) < 4.78 is 48.7. The average molecular weight is 460 g/mol. The number of pyridine rings is 2. The second-order valence-electron chi connectivity index (χ2n) is 7.53. The monoisotopic (exact) mass is 459 g/mol. The zero-order valence-electron chi connectivity index (χ0n) is 16.7. The smallest absolute Gasteiger partial charge is 0.378 e. The fraction of sp³-hybridized carbons (Fsp3) is 0.217. The van der Waals surface area contributed by atoms with Gasteiger partial charge in [-0.15, -0.1) is 0 Å². The van der Waals surface area contributed by atoms with Crippen molar-refractivity contribution >= 4 is 39.1 Å². The summed E-state index contributed by atoms with van der Waals surface area (Å²) in [4.78, 5) is 18.9. The van der Waals surface area contributed by atoms with Crippen molar-refractivity contribution < 1.29 is 17.9 Å². The second kappa shape index (κ2) is 7.79. The number of rotatable bonds is 2. The number of ether oxygens (including phenoxy) is 1. The third-order valence-electron chi connectivity index (χ3n) is 5.57. The first kappa shape index (κ1) is 20.8. The van der Waals surface area contributed by atoms with Gasteiger partial charge in [-0.05, 0) is 42.5 Å². The number of halogens is 4. The Kier molecular flexibility index (Phi) is 5.06. The average Bonchev–Trinajstić information content (AvgIpc) is 2.78. The molecule has 0 amide bonds. The number of nitrogens with zero attached hydrogens (tertiary/aromatic N) is 3. The van der Waals surface area contributed by atoms with Crippen molar-refractivity contribution in [2.24, 2.45) is 0 Å². The highest BCUT2D eigenvalue weighted by atomic mass is 35.5. The van der Waals surface area contributed by atoms with E-state index in [1.807, 2.05) is 0 Å². The minimum absolute atomic E-state index is 0.0763. The SMILES string of the molecule is O=c1ccc2cnc3ccc(Cl)cc3c2n1-c1ccc(N2CCOCC2)c(C(F)(F)F)c1. The molecule has 1 aliphatic heterocycles. The molecule has 3 heterocycles. The summed E-state index contributed by atoms with van der Waals surface area (Å²) in [5.41, 5.74) is -0.00119. The largest absolute Gasteiger partial charge is 0.418 e. The van der Waals surface area contributed by atoms with E-state index >= 15 is 0 Å². The van der Waals surface area contributed by atoms with Crippen molar-refractivity contribution in [2.45, 2.75) is 6.18 Å². The Morgan fingerprint density at radius 2 is 1.78 bits per heavy atom. The van der Waals surface area contributed by atoms with Crippen molar-refractivity contribution in [2.75, 3.05) is 31.2 Å². The molecule has 164 valence electrons. The summed E-state index contributed by atoms with van der Waals surface area (Å²) >= 11 is 6.17. The Bertz CT molecular complexity index is 1400. The standard InChI is InChI=1S/C23H17ClF3N3O2/c24-15-2-4-19-17(11-15)22-14(13-28-19)1-6-21(31)30(22)16-3-5-20(18(12-16)23(25,26)27)29-7-9-32-10-8-29/h1-6,11-13H,7-10H2. The van der Waals surface area contributed by atoms with Crippen molar-refractivity contribution in [3.8, 4) is 5.69 Å². The molecule has 1 saturated heterocycles. The fourth-order valence-electron chi connectivity index (χ4n) is 4.11. The summed E-state index contributed by atoms with van der Waals surface area (Å²) in [6.45, 7) is 1.46. The summed E-state index contributed by atoms with van der Waals surface area (Å²) in [6, 6.07) is 12.0. The lowest BCUT2D eigenvalue weighted by molar-refractivity contribution is -0.137. The van der Waals surface area contributed by atoms with Crippen molar-refractivity contribution in [1.82, 2.24) is 9.55 Å². The number of anilines is 1. The lowest BCUT2D eigenvalue weighted by Crippen LogP contribution is -2.37. The number of hydrogen-bond acceptors (Lipinski definition) is 4. The highest BCUT2D eigenvalue weighted by molar-refractivity contribution is 6.31. The molecule has 5 nitrogen and oxygen atoms in total. The number of fused-ring (bicyclic) bond motifs is 3. The molecular weight excluding hydrogens is 443 g/mol. The molecule has 0 bridgehead atoms. The van der Waals surface area contributed by atoms with Gasteiger partial charge in [0.15, 0.2) is 0 Å². The molecule has 0 unspecified atom stereocenters. The Morgan fingerprint density at radius 3 is 2.53 bits per heavy atom. The second-order valence-corrected chi connectivity index (χ2v) is 7.97. The van der Waals surface area contributed by atoms with Gasteiger partial charge < -0.3 is 9.64 Å². The maximum absolute atomic E-state index is 14.0. The van der Waals surface area contributed by atoms with Crippen LogP contribution >= 0.6 is 11.6 Å². The minimum atomic E-state index is -4.59. The predicted octanol–water partition coefficient (Wildman–Crippen LogP) is 5.05. The van der Waals surface area contributed by atoms with Crippen LogP contribution in [0.25, 0.3) is 27.5 Å². The lowest BCUT2D eigenvalue weighted by Gasteiger charge is -2.31. The van der Waals surface area contributed by atoms with Crippen LogP contribution in [0.4, 0.5) is 18.9 Å². The van der Waals surface area contributed by atoms with E-state index in [1.165, 1.54) is 22.8 Å². The summed E-state index contributed by atoms with van der Waals surface area (Å²) in [7, 11) is 0. The molecule has 0 radical (unpaired) electrons. The first-order valence-electron chi connectivity index (χ1n) is 9.97. The molecule has 0 spiro atoms. The van der Waals surface area contributed by atoms with Gasteiger partial charge in [0.25, 0.3) is 5.56 Å². The van der Waals surface area contributed by atoms with E-state index in [-0.39, 0.29) is 11.4 Å². The van der Waals surface area contributed by atoms with E-state index in [0.29, 0.717) is 53.1 Å². The van der Waals surface area contributed by atoms with Crippen LogP contribution in [-0.4, -0.2) is 35.9 Å². The molecule has 2 aromatic carbocycles. The Morgan fingerprint density at radius 1 is 1.00 bits per heavy atom. The molecule has 0 saturated carbocycles. The van der Waals surface area contributed by atoms with Gasteiger partial charge in [0.05, 0.1) is 35.5 Å².